The number of benzene rings is 1. The predicted octanol–water partition coefficient (Wildman–Crippen LogP) is 3.40. The first-order valence-electron chi connectivity index (χ1n) is 7.00. The minimum Gasteiger partial charge on any atom is -0.477 e. The summed E-state index contributed by atoms with van der Waals surface area (Å²) >= 11 is 0. The number of hydrogen-bond acceptors (Lipinski definition) is 4. The summed E-state index contributed by atoms with van der Waals surface area (Å²) in [7, 11) is 0. The molecule has 0 radical (unpaired) electrons. The van der Waals surface area contributed by atoms with Crippen molar-refractivity contribution in [2.45, 2.75) is 13.3 Å². The minimum absolute atomic E-state index is 0.0183. The van der Waals surface area contributed by atoms with Crippen LogP contribution < -0.4 is 0 Å². The number of aromatic amines is 1. The van der Waals surface area contributed by atoms with Gasteiger partial charge in [0.1, 0.15) is 5.69 Å². The Morgan fingerprint density at radius 2 is 2.17 bits per heavy atom. The second kappa shape index (κ2) is 5.53. The van der Waals surface area contributed by atoms with Crippen molar-refractivity contribution in [2.24, 2.45) is 0 Å². The molecule has 0 saturated heterocycles. The molecule has 0 spiro atoms. The molecule has 1 aromatic carbocycles. The zero-order valence-electron chi connectivity index (χ0n) is 12.2. The first kappa shape index (κ1) is 14.7. The largest absolute Gasteiger partial charge is 0.477 e. The highest BCUT2D eigenvalue weighted by Gasteiger charge is 2.22. The zero-order chi connectivity index (χ0) is 16.6. The summed E-state index contributed by atoms with van der Waals surface area (Å²) in [5, 5.41) is 20.4. The lowest BCUT2D eigenvalue weighted by Gasteiger charge is -2.08. The van der Waals surface area contributed by atoms with Gasteiger partial charge in [-0.1, -0.05) is 6.92 Å². The standard InChI is InChI=1S/C16H13N3O4/c1-2-9-8-10(19(22)23)5-6-11(9)13-14-12(4-3-7-17-14)18-15(13)16(20)21/h3-8,18H,2H2,1H3,(H,20,21). The number of carboxylic acids is 1. The molecule has 7 nitrogen and oxygen atoms in total. The third kappa shape index (κ3) is 2.42. The van der Waals surface area contributed by atoms with Gasteiger partial charge in [0.05, 0.1) is 16.0 Å². The fourth-order valence-electron chi connectivity index (χ4n) is 2.67. The van der Waals surface area contributed by atoms with Crippen LogP contribution in [0, 0.1) is 10.1 Å². The number of nitro groups is 1. The molecule has 7 heteroatoms. The maximum absolute atomic E-state index is 11.6. The van der Waals surface area contributed by atoms with Gasteiger partial charge in [0.15, 0.2) is 0 Å². The molecule has 0 fully saturated rings. The van der Waals surface area contributed by atoms with Crippen LogP contribution in [-0.4, -0.2) is 26.0 Å². The summed E-state index contributed by atoms with van der Waals surface area (Å²) in [5.74, 6) is -1.10. The molecule has 0 atom stereocenters. The Labute approximate surface area is 130 Å². The molecule has 2 heterocycles. The Morgan fingerprint density at radius 1 is 1.39 bits per heavy atom. The Balaban J connectivity index is 2.34. The number of nitro benzene ring substituents is 1. The number of nitrogens with one attached hydrogen (secondary N) is 1. The van der Waals surface area contributed by atoms with Crippen molar-refractivity contribution in [3.63, 3.8) is 0 Å². The van der Waals surface area contributed by atoms with Crippen molar-refractivity contribution in [3.8, 4) is 11.1 Å². The summed E-state index contributed by atoms with van der Waals surface area (Å²) in [5.41, 5.74) is 2.96. The molecular weight excluding hydrogens is 298 g/mol. The third-order valence-corrected chi connectivity index (χ3v) is 3.72. The third-order valence-electron chi connectivity index (χ3n) is 3.72. The van der Waals surface area contributed by atoms with Crippen molar-refractivity contribution < 1.29 is 14.8 Å². The van der Waals surface area contributed by atoms with Gasteiger partial charge in [-0.2, -0.15) is 0 Å². The van der Waals surface area contributed by atoms with E-state index in [0.717, 1.165) is 0 Å². The molecular formula is C16H13N3O4. The van der Waals surface area contributed by atoms with E-state index in [9.17, 15) is 20.0 Å². The number of H-pyrrole nitrogens is 1. The van der Waals surface area contributed by atoms with E-state index in [1.54, 1.807) is 24.4 Å². The number of carboxylic acid groups (broad SMARTS) is 1. The number of nitrogens with zero attached hydrogens (tertiary/aromatic N) is 2. The van der Waals surface area contributed by atoms with Crippen molar-refractivity contribution in [3.05, 3.63) is 57.9 Å². The molecule has 2 aromatic heterocycles. The Morgan fingerprint density at radius 3 is 2.83 bits per heavy atom. The summed E-state index contributed by atoms with van der Waals surface area (Å²) in [6.45, 7) is 1.87. The lowest BCUT2D eigenvalue weighted by molar-refractivity contribution is -0.384. The van der Waals surface area contributed by atoms with E-state index in [1.807, 2.05) is 6.92 Å². The molecule has 23 heavy (non-hydrogen) atoms. The minimum atomic E-state index is -1.10. The van der Waals surface area contributed by atoms with Crippen LogP contribution in [0.3, 0.4) is 0 Å². The predicted molar refractivity (Wildman–Crippen MR) is 84.5 cm³/mol. The van der Waals surface area contributed by atoms with Gasteiger partial charge in [0.2, 0.25) is 0 Å². The molecule has 3 rings (SSSR count). The SMILES string of the molecule is CCc1cc([N+](=O)[O-])ccc1-c1c(C(=O)O)[nH]c2cccnc12. The number of aryl methyl sites for hydroxylation is 1. The van der Waals surface area contributed by atoms with E-state index in [-0.39, 0.29) is 11.4 Å². The molecule has 3 aromatic rings. The number of non-ortho nitro benzene ring substituents is 1. The maximum atomic E-state index is 11.6. The molecule has 0 amide bonds. The van der Waals surface area contributed by atoms with Gasteiger partial charge >= 0.3 is 5.97 Å². The topological polar surface area (TPSA) is 109 Å². The van der Waals surface area contributed by atoms with Crippen LogP contribution in [-0.2, 0) is 6.42 Å². The van der Waals surface area contributed by atoms with E-state index in [0.29, 0.717) is 34.1 Å². The average Bonchev–Trinajstić information content (AvgIpc) is 2.93. The molecule has 2 N–H and O–H groups in total. The number of fused-ring (bicyclic) bond motifs is 1. The van der Waals surface area contributed by atoms with Crippen LogP contribution in [0.5, 0.6) is 0 Å². The molecule has 0 unspecified atom stereocenters. The monoisotopic (exact) mass is 311 g/mol. The summed E-state index contributed by atoms with van der Waals surface area (Å²) in [6, 6.07) is 7.89. The van der Waals surface area contributed by atoms with Crippen LogP contribution in [0.2, 0.25) is 0 Å². The van der Waals surface area contributed by atoms with Gasteiger partial charge in [0, 0.05) is 23.9 Å². The molecule has 0 aliphatic rings. The molecule has 0 bridgehead atoms. The van der Waals surface area contributed by atoms with Crippen LogP contribution in [0.25, 0.3) is 22.2 Å². The second-order valence-electron chi connectivity index (χ2n) is 5.03. The van der Waals surface area contributed by atoms with E-state index >= 15 is 0 Å². The van der Waals surface area contributed by atoms with E-state index in [1.165, 1.54) is 12.1 Å². The average molecular weight is 311 g/mol. The number of pyridine rings is 1. The summed E-state index contributed by atoms with van der Waals surface area (Å²) in [4.78, 5) is 29.2. The Hall–Kier alpha value is -3.22. The van der Waals surface area contributed by atoms with Crippen LogP contribution >= 0.6 is 0 Å². The van der Waals surface area contributed by atoms with Gasteiger partial charge < -0.3 is 10.1 Å². The quantitative estimate of drug-likeness (QED) is 0.567. The van der Waals surface area contributed by atoms with Gasteiger partial charge in [-0.25, -0.2) is 4.79 Å². The number of rotatable bonds is 4. The van der Waals surface area contributed by atoms with Gasteiger partial charge in [0.25, 0.3) is 5.69 Å². The van der Waals surface area contributed by atoms with Crippen LogP contribution in [0.15, 0.2) is 36.5 Å². The van der Waals surface area contributed by atoms with Crippen molar-refractivity contribution in [1.82, 2.24) is 9.97 Å². The molecule has 0 aliphatic heterocycles. The number of hydrogen-bond donors (Lipinski definition) is 2. The Bertz CT molecular complexity index is 930. The van der Waals surface area contributed by atoms with E-state index in [4.69, 9.17) is 0 Å². The molecule has 116 valence electrons. The second-order valence-corrected chi connectivity index (χ2v) is 5.03. The van der Waals surface area contributed by atoms with Crippen molar-refractivity contribution >= 4 is 22.7 Å². The Kier molecular flexibility index (Phi) is 3.53. The lowest BCUT2D eigenvalue weighted by Crippen LogP contribution is -2.01. The van der Waals surface area contributed by atoms with Gasteiger partial charge in [-0.15, -0.1) is 0 Å². The van der Waals surface area contributed by atoms with Crippen molar-refractivity contribution in [2.75, 3.05) is 0 Å². The highest BCUT2D eigenvalue weighted by Crippen LogP contribution is 2.35. The fraction of sp³-hybridized carbons (Fsp3) is 0.125. The molecule has 0 saturated carbocycles. The smallest absolute Gasteiger partial charge is 0.353 e. The maximum Gasteiger partial charge on any atom is 0.353 e. The molecule has 0 aliphatic carbocycles. The first-order chi connectivity index (χ1) is 11.0. The zero-order valence-corrected chi connectivity index (χ0v) is 12.2. The summed E-state index contributed by atoms with van der Waals surface area (Å²) < 4.78 is 0. The fourth-order valence-corrected chi connectivity index (χ4v) is 2.67. The number of aromatic nitrogens is 2. The number of carbonyl (C=O) groups is 1. The number of aromatic carboxylic acids is 1. The van der Waals surface area contributed by atoms with Crippen LogP contribution in [0.4, 0.5) is 5.69 Å². The van der Waals surface area contributed by atoms with E-state index in [2.05, 4.69) is 9.97 Å². The van der Waals surface area contributed by atoms with E-state index < -0.39 is 10.9 Å². The van der Waals surface area contributed by atoms with Gasteiger partial charge in [-0.3, -0.25) is 15.1 Å². The van der Waals surface area contributed by atoms with Crippen LogP contribution in [0.1, 0.15) is 23.0 Å². The first-order valence-corrected chi connectivity index (χ1v) is 7.00. The highest BCUT2D eigenvalue weighted by molar-refractivity contribution is 6.06. The normalized spacial score (nSPS) is 10.8. The van der Waals surface area contributed by atoms with Crippen molar-refractivity contribution in [1.29, 1.82) is 0 Å². The summed E-state index contributed by atoms with van der Waals surface area (Å²) in [6.07, 6.45) is 2.12. The van der Waals surface area contributed by atoms with Gasteiger partial charge in [-0.05, 0) is 35.7 Å². The highest BCUT2D eigenvalue weighted by atomic mass is 16.6. The lowest BCUT2D eigenvalue weighted by atomic mass is 9.96.